The van der Waals surface area contributed by atoms with E-state index in [0.717, 1.165) is 28.7 Å². The highest BCUT2D eigenvalue weighted by Gasteiger charge is 2.10. The predicted molar refractivity (Wildman–Crippen MR) is 79.6 cm³/mol. The number of aryl methyl sites for hydroxylation is 1. The molecular formula is C16H15N3O2. The molecule has 0 unspecified atom stereocenters. The van der Waals surface area contributed by atoms with Gasteiger partial charge in [0.05, 0.1) is 5.69 Å². The van der Waals surface area contributed by atoms with E-state index in [-0.39, 0.29) is 5.97 Å². The minimum Gasteiger partial charge on any atom is -0.427 e. The lowest BCUT2D eigenvalue weighted by Crippen LogP contribution is -2.05. The summed E-state index contributed by atoms with van der Waals surface area (Å²) in [4.78, 5) is 12.7. The van der Waals surface area contributed by atoms with Crippen LogP contribution < -0.4 is 4.74 Å². The number of esters is 1. The number of nitrogens with zero attached hydrogens (tertiary/aromatic N) is 3. The maximum absolute atomic E-state index is 11.0. The largest absolute Gasteiger partial charge is 0.427 e. The molecule has 0 saturated heterocycles. The van der Waals surface area contributed by atoms with Crippen LogP contribution in [0.2, 0.25) is 0 Å². The van der Waals surface area contributed by atoms with Crippen molar-refractivity contribution in [2.75, 3.05) is 0 Å². The van der Waals surface area contributed by atoms with Gasteiger partial charge in [-0.2, -0.15) is 4.80 Å². The molecule has 5 nitrogen and oxygen atoms in total. The van der Waals surface area contributed by atoms with E-state index in [9.17, 15) is 4.79 Å². The van der Waals surface area contributed by atoms with Gasteiger partial charge in [0, 0.05) is 6.92 Å². The van der Waals surface area contributed by atoms with Gasteiger partial charge in [-0.25, -0.2) is 0 Å². The third kappa shape index (κ3) is 2.63. The van der Waals surface area contributed by atoms with Gasteiger partial charge in [0.15, 0.2) is 0 Å². The maximum atomic E-state index is 11.0. The molecule has 106 valence electrons. The summed E-state index contributed by atoms with van der Waals surface area (Å²) in [7, 11) is 0. The first-order valence-corrected chi connectivity index (χ1v) is 6.81. The number of carbonyl (C=O) groups excluding carboxylic acids is 1. The Balaban J connectivity index is 2.06. The number of hydrogen-bond donors (Lipinski definition) is 0. The second kappa shape index (κ2) is 5.36. The minimum absolute atomic E-state index is 0.326. The number of hydrogen-bond acceptors (Lipinski definition) is 4. The molecule has 21 heavy (non-hydrogen) atoms. The summed E-state index contributed by atoms with van der Waals surface area (Å²) in [5.41, 5.74) is 3.62. The lowest BCUT2D eigenvalue weighted by Gasteiger charge is -2.09. The molecule has 0 N–H and O–H groups in total. The monoisotopic (exact) mass is 281 g/mol. The average Bonchev–Trinajstić information content (AvgIpc) is 2.90. The number of carbonyl (C=O) groups is 1. The molecule has 0 aliphatic carbocycles. The molecule has 1 heterocycles. The van der Waals surface area contributed by atoms with Crippen LogP contribution in [0.3, 0.4) is 0 Å². The van der Waals surface area contributed by atoms with Gasteiger partial charge in [0.25, 0.3) is 0 Å². The highest BCUT2D eigenvalue weighted by Crippen LogP contribution is 2.22. The fourth-order valence-electron chi connectivity index (χ4n) is 2.24. The topological polar surface area (TPSA) is 57.0 Å². The predicted octanol–water partition coefficient (Wildman–Crippen LogP) is 2.91. The van der Waals surface area contributed by atoms with Crippen LogP contribution in [0.1, 0.15) is 19.4 Å². The Kier molecular flexibility index (Phi) is 3.39. The zero-order chi connectivity index (χ0) is 14.8. The van der Waals surface area contributed by atoms with Gasteiger partial charge in [0.2, 0.25) is 0 Å². The number of benzene rings is 2. The van der Waals surface area contributed by atoms with Gasteiger partial charge in [0.1, 0.15) is 16.8 Å². The number of ether oxygens (including phenoxy) is 1. The van der Waals surface area contributed by atoms with Crippen molar-refractivity contribution in [1.29, 1.82) is 0 Å². The fourth-order valence-corrected chi connectivity index (χ4v) is 2.24. The van der Waals surface area contributed by atoms with Crippen molar-refractivity contribution in [2.45, 2.75) is 20.3 Å². The molecule has 0 aliphatic heterocycles. The van der Waals surface area contributed by atoms with Crippen molar-refractivity contribution in [1.82, 2.24) is 15.0 Å². The van der Waals surface area contributed by atoms with Crippen molar-refractivity contribution in [2.24, 2.45) is 0 Å². The summed E-state index contributed by atoms with van der Waals surface area (Å²) >= 11 is 0. The van der Waals surface area contributed by atoms with Crippen LogP contribution in [-0.4, -0.2) is 21.0 Å². The second-order valence-corrected chi connectivity index (χ2v) is 4.72. The molecule has 0 radical (unpaired) electrons. The lowest BCUT2D eigenvalue weighted by molar-refractivity contribution is -0.131. The van der Waals surface area contributed by atoms with E-state index in [0.29, 0.717) is 5.75 Å². The smallest absolute Gasteiger partial charge is 0.308 e. The van der Waals surface area contributed by atoms with Crippen molar-refractivity contribution in [3.8, 4) is 11.4 Å². The Hall–Kier alpha value is -2.69. The average molecular weight is 281 g/mol. The number of rotatable bonds is 3. The van der Waals surface area contributed by atoms with Crippen molar-refractivity contribution >= 4 is 17.0 Å². The Morgan fingerprint density at radius 3 is 2.38 bits per heavy atom. The van der Waals surface area contributed by atoms with E-state index in [1.807, 2.05) is 43.3 Å². The van der Waals surface area contributed by atoms with Crippen molar-refractivity contribution in [3.63, 3.8) is 0 Å². The minimum atomic E-state index is -0.326. The summed E-state index contributed by atoms with van der Waals surface area (Å²) in [6.45, 7) is 3.43. The third-order valence-corrected chi connectivity index (χ3v) is 3.20. The molecule has 0 saturated carbocycles. The number of fused-ring (bicyclic) bond motifs is 1. The first kappa shape index (κ1) is 13.3. The summed E-state index contributed by atoms with van der Waals surface area (Å²) < 4.78 is 5.12. The SMILES string of the molecule is CCc1cc(OC(C)=O)ccc1-n1nc2ccccc2n1. The molecule has 0 fully saturated rings. The quantitative estimate of drug-likeness (QED) is 0.547. The fraction of sp³-hybridized carbons (Fsp3) is 0.188. The third-order valence-electron chi connectivity index (χ3n) is 3.20. The molecule has 0 spiro atoms. The first-order valence-electron chi connectivity index (χ1n) is 6.81. The number of aromatic nitrogens is 3. The Morgan fingerprint density at radius 1 is 1.14 bits per heavy atom. The summed E-state index contributed by atoms with van der Waals surface area (Å²) in [5, 5.41) is 8.96. The van der Waals surface area contributed by atoms with Crippen LogP contribution in [0.15, 0.2) is 42.5 Å². The molecule has 3 rings (SSSR count). The van der Waals surface area contributed by atoms with E-state index in [4.69, 9.17) is 4.74 Å². The van der Waals surface area contributed by atoms with E-state index in [2.05, 4.69) is 10.2 Å². The van der Waals surface area contributed by atoms with Gasteiger partial charge in [-0.3, -0.25) is 4.79 Å². The molecule has 3 aromatic rings. The van der Waals surface area contributed by atoms with Crippen LogP contribution in [0.5, 0.6) is 5.75 Å². The van der Waals surface area contributed by atoms with E-state index < -0.39 is 0 Å². The summed E-state index contributed by atoms with van der Waals surface area (Å²) in [6.07, 6.45) is 0.794. The van der Waals surface area contributed by atoms with E-state index in [1.54, 1.807) is 10.9 Å². The van der Waals surface area contributed by atoms with E-state index in [1.165, 1.54) is 6.92 Å². The van der Waals surface area contributed by atoms with Crippen LogP contribution in [-0.2, 0) is 11.2 Å². The molecule has 2 aromatic carbocycles. The summed E-state index contributed by atoms with van der Waals surface area (Å²) in [5.74, 6) is 0.215. The lowest BCUT2D eigenvalue weighted by atomic mass is 10.1. The molecule has 0 amide bonds. The zero-order valence-electron chi connectivity index (χ0n) is 11.9. The highest BCUT2D eigenvalue weighted by molar-refractivity contribution is 5.73. The molecule has 1 aromatic heterocycles. The van der Waals surface area contributed by atoms with Gasteiger partial charge in [-0.05, 0) is 42.3 Å². The second-order valence-electron chi connectivity index (χ2n) is 4.72. The van der Waals surface area contributed by atoms with Gasteiger partial charge in [-0.15, -0.1) is 10.2 Å². The Morgan fingerprint density at radius 2 is 1.81 bits per heavy atom. The van der Waals surface area contributed by atoms with Gasteiger partial charge < -0.3 is 4.74 Å². The van der Waals surface area contributed by atoms with Crippen LogP contribution in [0.4, 0.5) is 0 Å². The first-order chi connectivity index (χ1) is 10.2. The molecule has 0 aliphatic rings. The Labute approximate surface area is 122 Å². The normalized spacial score (nSPS) is 10.8. The standard InChI is InChI=1S/C16H15N3O2/c1-3-12-10-13(21-11(2)20)8-9-16(12)19-17-14-6-4-5-7-15(14)18-19/h4-10H,3H2,1-2H3. The van der Waals surface area contributed by atoms with E-state index >= 15 is 0 Å². The van der Waals surface area contributed by atoms with Gasteiger partial charge in [-0.1, -0.05) is 19.1 Å². The Bertz CT molecular complexity index is 775. The zero-order valence-corrected chi connectivity index (χ0v) is 11.9. The molecule has 5 heteroatoms. The van der Waals surface area contributed by atoms with Crippen molar-refractivity contribution in [3.05, 3.63) is 48.0 Å². The maximum Gasteiger partial charge on any atom is 0.308 e. The van der Waals surface area contributed by atoms with Crippen LogP contribution in [0, 0.1) is 0 Å². The summed E-state index contributed by atoms with van der Waals surface area (Å²) in [6, 6.07) is 13.2. The highest BCUT2D eigenvalue weighted by atomic mass is 16.5. The molecule has 0 bridgehead atoms. The van der Waals surface area contributed by atoms with Crippen molar-refractivity contribution < 1.29 is 9.53 Å². The van der Waals surface area contributed by atoms with Crippen LogP contribution in [0.25, 0.3) is 16.7 Å². The van der Waals surface area contributed by atoms with Gasteiger partial charge >= 0.3 is 5.97 Å². The van der Waals surface area contributed by atoms with Crippen LogP contribution >= 0.6 is 0 Å². The molecular weight excluding hydrogens is 266 g/mol. The molecule has 0 atom stereocenters.